The number of hydrogen-bond acceptors (Lipinski definition) is 4. The quantitative estimate of drug-likeness (QED) is 0.758. The minimum Gasteiger partial charge on any atom is -0.481 e. The van der Waals surface area contributed by atoms with E-state index in [9.17, 15) is 14.7 Å². The maximum Gasteiger partial charge on any atom is 0.305 e. The molecule has 0 saturated heterocycles. The number of aliphatic carboxylic acids is 1. The fourth-order valence-electron chi connectivity index (χ4n) is 3.81. The molecule has 28 heavy (non-hydrogen) atoms. The molecule has 6 nitrogen and oxygen atoms in total. The maximum atomic E-state index is 13.3. The molecule has 1 amide bonds. The molecule has 2 aromatic carbocycles. The van der Waals surface area contributed by atoms with Crippen molar-refractivity contribution < 1.29 is 14.7 Å². The van der Waals surface area contributed by atoms with Gasteiger partial charge < -0.3 is 10.0 Å². The number of rotatable bonds is 3. The lowest BCUT2D eigenvalue weighted by atomic mass is 9.90. The van der Waals surface area contributed by atoms with Crippen molar-refractivity contribution in [3.05, 3.63) is 70.5 Å². The molecule has 0 bridgehead atoms. The number of nitrogens with zero attached hydrogens (tertiary/aromatic N) is 3. The standard InChI is InChI=1S/C22H21N3O3/c1-13-14(2)24-19-11-16(7-8-18(19)23-13)22(28)25-10-9-15-5-3-4-6-17(15)20(25)12-21(26)27/h3-8,11,20H,9-10,12H2,1-2H3,(H,26,27). The molecule has 4 rings (SSSR count). The molecule has 0 radical (unpaired) electrons. The van der Waals surface area contributed by atoms with Crippen molar-refractivity contribution in [2.75, 3.05) is 6.54 Å². The van der Waals surface area contributed by atoms with Crippen LogP contribution < -0.4 is 0 Å². The Bertz CT molecular complexity index is 1090. The van der Waals surface area contributed by atoms with Crippen LogP contribution in [0.3, 0.4) is 0 Å². The van der Waals surface area contributed by atoms with E-state index in [-0.39, 0.29) is 12.3 Å². The highest BCUT2D eigenvalue weighted by atomic mass is 16.4. The van der Waals surface area contributed by atoms with Crippen molar-refractivity contribution in [1.29, 1.82) is 0 Å². The monoisotopic (exact) mass is 375 g/mol. The van der Waals surface area contributed by atoms with Crippen LogP contribution in [0.25, 0.3) is 11.0 Å². The Morgan fingerprint density at radius 2 is 1.79 bits per heavy atom. The van der Waals surface area contributed by atoms with Crippen molar-refractivity contribution >= 4 is 22.9 Å². The third-order valence-corrected chi connectivity index (χ3v) is 5.36. The Kier molecular flexibility index (Phi) is 4.55. The first kappa shape index (κ1) is 18.1. The van der Waals surface area contributed by atoms with E-state index in [1.165, 1.54) is 0 Å². The van der Waals surface area contributed by atoms with Crippen LogP contribution in [0.4, 0.5) is 0 Å². The highest BCUT2D eigenvalue weighted by Gasteiger charge is 2.32. The average Bonchev–Trinajstić information content (AvgIpc) is 2.68. The summed E-state index contributed by atoms with van der Waals surface area (Å²) in [7, 11) is 0. The zero-order valence-electron chi connectivity index (χ0n) is 15.8. The average molecular weight is 375 g/mol. The van der Waals surface area contributed by atoms with E-state index in [1.54, 1.807) is 23.1 Å². The highest BCUT2D eigenvalue weighted by Crippen LogP contribution is 2.33. The molecular formula is C22H21N3O3. The summed E-state index contributed by atoms with van der Waals surface area (Å²) < 4.78 is 0. The summed E-state index contributed by atoms with van der Waals surface area (Å²) in [5, 5.41) is 9.40. The molecule has 1 unspecified atom stereocenters. The lowest BCUT2D eigenvalue weighted by Gasteiger charge is -2.36. The molecule has 6 heteroatoms. The van der Waals surface area contributed by atoms with Crippen molar-refractivity contribution in [1.82, 2.24) is 14.9 Å². The molecule has 1 N–H and O–H groups in total. The number of carbonyl (C=O) groups is 2. The minimum absolute atomic E-state index is 0.117. The van der Waals surface area contributed by atoms with Gasteiger partial charge >= 0.3 is 5.97 Å². The van der Waals surface area contributed by atoms with Crippen LogP contribution in [0.5, 0.6) is 0 Å². The summed E-state index contributed by atoms with van der Waals surface area (Å²) in [6.45, 7) is 4.29. The molecule has 3 aromatic rings. The van der Waals surface area contributed by atoms with Crippen molar-refractivity contribution in [3.63, 3.8) is 0 Å². The third kappa shape index (κ3) is 3.22. The van der Waals surface area contributed by atoms with E-state index in [0.717, 1.165) is 28.0 Å². The molecule has 1 aliphatic rings. The van der Waals surface area contributed by atoms with Gasteiger partial charge in [0.05, 0.1) is 34.9 Å². The summed E-state index contributed by atoms with van der Waals surface area (Å²) in [6, 6.07) is 12.6. The van der Waals surface area contributed by atoms with Gasteiger partial charge in [0.1, 0.15) is 0 Å². The Hall–Kier alpha value is -3.28. The number of carboxylic acid groups (broad SMARTS) is 1. The predicted octanol–water partition coefficient (Wildman–Crippen LogP) is 3.46. The number of carbonyl (C=O) groups excluding carboxylic acids is 1. The van der Waals surface area contributed by atoms with Crippen LogP contribution in [0.15, 0.2) is 42.5 Å². The first-order valence-corrected chi connectivity index (χ1v) is 9.29. The SMILES string of the molecule is Cc1nc2ccc(C(=O)N3CCc4ccccc4C3CC(=O)O)cc2nc1C. The van der Waals surface area contributed by atoms with Gasteiger partial charge in [-0.25, -0.2) is 9.97 Å². The number of aryl methyl sites for hydroxylation is 2. The Morgan fingerprint density at radius 1 is 1.07 bits per heavy atom. The van der Waals surface area contributed by atoms with Gasteiger partial charge in [0.15, 0.2) is 0 Å². The van der Waals surface area contributed by atoms with Gasteiger partial charge in [-0.05, 0) is 49.6 Å². The first-order valence-electron chi connectivity index (χ1n) is 9.29. The summed E-state index contributed by atoms with van der Waals surface area (Å²) >= 11 is 0. The lowest BCUT2D eigenvalue weighted by Crippen LogP contribution is -2.41. The normalized spacial score (nSPS) is 16.1. The Morgan fingerprint density at radius 3 is 2.54 bits per heavy atom. The van der Waals surface area contributed by atoms with Gasteiger partial charge in [-0.1, -0.05) is 24.3 Å². The van der Waals surface area contributed by atoms with Crippen molar-refractivity contribution in [3.8, 4) is 0 Å². The molecule has 1 aliphatic heterocycles. The summed E-state index contributed by atoms with van der Waals surface area (Å²) in [4.78, 5) is 35.5. The van der Waals surface area contributed by atoms with E-state index < -0.39 is 12.0 Å². The topological polar surface area (TPSA) is 83.4 Å². The smallest absolute Gasteiger partial charge is 0.305 e. The fourth-order valence-corrected chi connectivity index (χ4v) is 3.81. The minimum atomic E-state index is -0.921. The van der Waals surface area contributed by atoms with Gasteiger partial charge in [0.2, 0.25) is 0 Å². The largest absolute Gasteiger partial charge is 0.481 e. The zero-order chi connectivity index (χ0) is 19.8. The van der Waals surface area contributed by atoms with E-state index in [4.69, 9.17) is 0 Å². The number of amides is 1. The van der Waals surface area contributed by atoms with Gasteiger partial charge in [-0.3, -0.25) is 9.59 Å². The third-order valence-electron chi connectivity index (χ3n) is 5.36. The second-order valence-electron chi connectivity index (χ2n) is 7.16. The molecule has 0 saturated carbocycles. The fraction of sp³-hybridized carbons (Fsp3) is 0.273. The predicted molar refractivity (Wildman–Crippen MR) is 105 cm³/mol. The second-order valence-corrected chi connectivity index (χ2v) is 7.16. The first-order chi connectivity index (χ1) is 13.4. The molecule has 0 fully saturated rings. The molecule has 1 atom stereocenters. The van der Waals surface area contributed by atoms with E-state index >= 15 is 0 Å². The van der Waals surface area contributed by atoms with Gasteiger partial charge in [-0.15, -0.1) is 0 Å². The van der Waals surface area contributed by atoms with E-state index in [0.29, 0.717) is 24.0 Å². The number of fused-ring (bicyclic) bond motifs is 2. The summed E-state index contributed by atoms with van der Waals surface area (Å²) in [5.41, 5.74) is 5.62. The van der Waals surface area contributed by atoms with Gasteiger partial charge in [0.25, 0.3) is 5.91 Å². The van der Waals surface area contributed by atoms with E-state index in [1.807, 2.05) is 38.1 Å². The van der Waals surface area contributed by atoms with Crippen LogP contribution in [-0.4, -0.2) is 38.4 Å². The van der Waals surface area contributed by atoms with Crippen LogP contribution in [-0.2, 0) is 11.2 Å². The van der Waals surface area contributed by atoms with Crippen LogP contribution >= 0.6 is 0 Å². The Labute approximate surface area is 162 Å². The van der Waals surface area contributed by atoms with E-state index in [2.05, 4.69) is 9.97 Å². The summed E-state index contributed by atoms with van der Waals surface area (Å²) in [5.74, 6) is -1.10. The molecular weight excluding hydrogens is 354 g/mol. The summed E-state index contributed by atoms with van der Waals surface area (Å²) in [6.07, 6.45) is 0.595. The Balaban J connectivity index is 1.73. The van der Waals surface area contributed by atoms with Gasteiger partial charge in [-0.2, -0.15) is 0 Å². The van der Waals surface area contributed by atoms with Crippen molar-refractivity contribution in [2.24, 2.45) is 0 Å². The number of hydrogen-bond donors (Lipinski definition) is 1. The van der Waals surface area contributed by atoms with Crippen LogP contribution in [0.2, 0.25) is 0 Å². The van der Waals surface area contributed by atoms with Crippen LogP contribution in [0.1, 0.15) is 45.3 Å². The van der Waals surface area contributed by atoms with Gasteiger partial charge in [0, 0.05) is 12.1 Å². The number of benzene rings is 2. The zero-order valence-corrected chi connectivity index (χ0v) is 15.8. The molecule has 1 aromatic heterocycles. The van der Waals surface area contributed by atoms with Crippen LogP contribution in [0, 0.1) is 13.8 Å². The molecule has 0 aliphatic carbocycles. The molecule has 142 valence electrons. The molecule has 0 spiro atoms. The second kappa shape index (κ2) is 7.03. The number of aromatic nitrogens is 2. The maximum absolute atomic E-state index is 13.3. The number of carboxylic acids is 1. The molecule has 2 heterocycles. The highest BCUT2D eigenvalue weighted by molar-refractivity contribution is 5.98. The lowest BCUT2D eigenvalue weighted by molar-refractivity contribution is -0.138. The van der Waals surface area contributed by atoms with Crippen molar-refractivity contribution in [2.45, 2.75) is 32.7 Å².